The SMILES string of the molecule is CO/N=C(\C(=O)N[C@H]1C(=O)N(S(=O)(=O)[O-])[C@H]1C(=O)OC)c1nc(N)sc1Cl.[Na+]. The number of β-lactam (4-membered cyclic amide) rings is 1. The number of carbonyl (C=O) groups excluding carboxylic acids is 3. The maximum Gasteiger partial charge on any atom is 1.00 e. The van der Waals surface area contributed by atoms with Gasteiger partial charge in [0.05, 0.1) is 7.11 Å². The number of nitrogens with two attached hydrogens (primary N) is 1. The van der Waals surface area contributed by atoms with Crippen molar-refractivity contribution in [3.8, 4) is 0 Å². The Morgan fingerprint density at radius 1 is 1.43 bits per heavy atom. The van der Waals surface area contributed by atoms with Crippen LogP contribution in [0.1, 0.15) is 5.69 Å². The second-order valence-corrected chi connectivity index (χ2v) is 7.69. The third-order valence-electron chi connectivity index (χ3n) is 3.25. The summed E-state index contributed by atoms with van der Waals surface area (Å²) in [5.74, 6) is -3.63. The van der Waals surface area contributed by atoms with Gasteiger partial charge in [-0.3, -0.25) is 9.59 Å². The molecule has 1 aliphatic rings. The van der Waals surface area contributed by atoms with Gasteiger partial charge in [0.15, 0.2) is 27.2 Å². The van der Waals surface area contributed by atoms with Crippen molar-refractivity contribution in [2.75, 3.05) is 20.0 Å². The van der Waals surface area contributed by atoms with Crippen LogP contribution in [0.4, 0.5) is 5.13 Å². The van der Waals surface area contributed by atoms with Crippen LogP contribution in [0.5, 0.6) is 0 Å². The summed E-state index contributed by atoms with van der Waals surface area (Å²) in [7, 11) is -3.26. The van der Waals surface area contributed by atoms with Crippen LogP contribution >= 0.6 is 22.9 Å². The maximum absolute atomic E-state index is 12.4. The van der Waals surface area contributed by atoms with Crippen molar-refractivity contribution in [2.45, 2.75) is 12.1 Å². The molecule has 2 heterocycles. The van der Waals surface area contributed by atoms with Crippen LogP contribution in [-0.4, -0.2) is 72.1 Å². The summed E-state index contributed by atoms with van der Waals surface area (Å²) in [5, 5.41) is 5.54. The van der Waals surface area contributed by atoms with Crippen LogP contribution in [0.15, 0.2) is 5.16 Å². The van der Waals surface area contributed by atoms with E-state index in [1.165, 1.54) is 0 Å². The van der Waals surface area contributed by atoms with Gasteiger partial charge in [0.25, 0.3) is 11.8 Å². The molecular formula is C11H11ClN5NaO8S2. The summed E-state index contributed by atoms with van der Waals surface area (Å²) in [4.78, 5) is 44.5. The standard InChI is InChI=1S/C11H12ClN5O8S2.Na/c1-24-10(20)6-5(9(19)17(6)27(21,22)23)14-8(18)4(16-25-2)3-7(12)26-11(13)15-3;/h5-6H,1-2H3,(H2,13,15)(H,14,18)(H,21,22,23);/q;+1/p-1/b16-4-;/t5-,6-;/m1./s1. The molecule has 0 saturated carbocycles. The molecule has 0 aromatic carbocycles. The molecule has 1 fully saturated rings. The number of nitrogens with one attached hydrogen (secondary N) is 1. The third kappa shape index (κ3) is 4.73. The van der Waals surface area contributed by atoms with Crippen molar-refractivity contribution in [1.29, 1.82) is 0 Å². The zero-order valence-corrected chi connectivity index (χ0v) is 18.9. The van der Waals surface area contributed by atoms with Gasteiger partial charge >= 0.3 is 35.5 Å². The van der Waals surface area contributed by atoms with Gasteiger partial charge in [-0.1, -0.05) is 28.1 Å². The van der Waals surface area contributed by atoms with Crippen LogP contribution in [0.3, 0.4) is 0 Å². The predicted octanol–water partition coefficient (Wildman–Crippen LogP) is -4.94. The number of methoxy groups -OCH3 is 1. The molecule has 148 valence electrons. The summed E-state index contributed by atoms with van der Waals surface area (Å²) in [5.41, 5.74) is 4.84. The zero-order chi connectivity index (χ0) is 20.5. The fourth-order valence-corrected chi connectivity index (χ4v) is 3.91. The van der Waals surface area contributed by atoms with Gasteiger partial charge < -0.3 is 25.2 Å². The molecule has 2 atom stereocenters. The van der Waals surface area contributed by atoms with E-state index in [4.69, 9.17) is 17.3 Å². The Labute approximate surface area is 189 Å². The van der Waals surface area contributed by atoms with E-state index < -0.39 is 45.9 Å². The van der Waals surface area contributed by atoms with Crippen LogP contribution in [0.2, 0.25) is 4.34 Å². The first kappa shape index (κ1) is 24.5. The van der Waals surface area contributed by atoms with Crippen molar-refractivity contribution in [1.82, 2.24) is 14.6 Å². The van der Waals surface area contributed by atoms with Crippen molar-refractivity contribution < 1.29 is 66.5 Å². The topological polar surface area (TPSA) is 193 Å². The van der Waals surface area contributed by atoms with E-state index in [0.29, 0.717) is 0 Å². The Hall–Kier alpha value is -1.49. The van der Waals surface area contributed by atoms with Gasteiger partial charge in [0.1, 0.15) is 23.2 Å². The number of rotatable bonds is 6. The minimum atomic E-state index is -5.30. The summed E-state index contributed by atoms with van der Waals surface area (Å²) >= 11 is 6.75. The molecule has 3 N–H and O–H groups in total. The average Bonchev–Trinajstić information content (AvgIpc) is 2.90. The van der Waals surface area contributed by atoms with Gasteiger partial charge in [-0.15, -0.1) is 0 Å². The molecule has 0 bridgehead atoms. The molecule has 2 amide bonds. The Kier molecular flexibility index (Phi) is 8.19. The fourth-order valence-electron chi connectivity index (χ4n) is 2.16. The van der Waals surface area contributed by atoms with Gasteiger partial charge in [-0.05, 0) is 0 Å². The largest absolute Gasteiger partial charge is 1.00 e. The first-order valence-corrected chi connectivity index (χ1v) is 9.30. The molecule has 0 radical (unpaired) electrons. The van der Waals surface area contributed by atoms with E-state index in [0.717, 1.165) is 25.6 Å². The van der Waals surface area contributed by atoms with E-state index in [-0.39, 0.29) is 49.0 Å². The Balaban J connectivity index is 0.00000392. The monoisotopic (exact) mass is 463 g/mol. The van der Waals surface area contributed by atoms with E-state index in [1.807, 2.05) is 0 Å². The van der Waals surface area contributed by atoms with E-state index in [9.17, 15) is 27.4 Å². The molecule has 1 aliphatic heterocycles. The molecule has 2 rings (SSSR count). The molecule has 0 unspecified atom stereocenters. The number of oxime groups is 1. The van der Waals surface area contributed by atoms with E-state index >= 15 is 0 Å². The van der Waals surface area contributed by atoms with Crippen molar-refractivity contribution in [3.63, 3.8) is 0 Å². The number of amides is 2. The average molecular weight is 464 g/mol. The first-order chi connectivity index (χ1) is 12.5. The number of aromatic nitrogens is 1. The molecular weight excluding hydrogens is 453 g/mol. The van der Waals surface area contributed by atoms with Gasteiger partial charge in [-0.25, -0.2) is 22.5 Å². The van der Waals surface area contributed by atoms with Gasteiger partial charge in [-0.2, -0.15) is 0 Å². The number of halogens is 1. The second-order valence-electron chi connectivity index (χ2n) is 4.81. The quantitative estimate of drug-likeness (QED) is 0.103. The second kappa shape index (κ2) is 9.34. The number of thiazole rings is 1. The third-order valence-corrected chi connectivity index (χ3v) is 5.22. The predicted molar refractivity (Wildman–Crippen MR) is 89.4 cm³/mol. The number of nitrogen functional groups attached to an aromatic ring is 1. The fraction of sp³-hybridized carbons (Fsp3) is 0.364. The van der Waals surface area contributed by atoms with Crippen molar-refractivity contribution in [2.24, 2.45) is 5.16 Å². The first-order valence-electron chi connectivity index (χ1n) is 6.74. The Morgan fingerprint density at radius 2 is 2.04 bits per heavy atom. The Bertz CT molecular complexity index is 935. The molecule has 0 spiro atoms. The van der Waals surface area contributed by atoms with Gasteiger partial charge in [0.2, 0.25) is 0 Å². The van der Waals surface area contributed by atoms with E-state index in [1.54, 1.807) is 0 Å². The van der Waals surface area contributed by atoms with Crippen LogP contribution in [0.25, 0.3) is 0 Å². The number of esters is 1. The van der Waals surface area contributed by atoms with Crippen molar-refractivity contribution in [3.05, 3.63) is 10.0 Å². The molecule has 1 aromatic rings. The maximum atomic E-state index is 12.4. The number of hydrogen-bond donors (Lipinski definition) is 2. The normalized spacial score (nSPS) is 19.4. The summed E-state index contributed by atoms with van der Waals surface area (Å²) in [6.07, 6.45) is 0. The minimum absolute atomic E-state index is 0. The molecule has 13 nitrogen and oxygen atoms in total. The molecule has 0 aliphatic carbocycles. The summed E-state index contributed by atoms with van der Waals surface area (Å²) in [6, 6.07) is -3.56. The van der Waals surface area contributed by atoms with Crippen molar-refractivity contribution >= 4 is 61.9 Å². The number of carbonyl (C=O) groups is 3. The molecule has 1 aromatic heterocycles. The number of hydrogen-bond acceptors (Lipinski definition) is 12. The van der Waals surface area contributed by atoms with Gasteiger partial charge in [0, 0.05) is 0 Å². The Morgan fingerprint density at radius 3 is 2.46 bits per heavy atom. The van der Waals surface area contributed by atoms with E-state index in [2.05, 4.69) is 25.0 Å². The minimum Gasteiger partial charge on any atom is -0.731 e. The number of ether oxygens (including phenoxy) is 1. The molecule has 28 heavy (non-hydrogen) atoms. The van der Waals surface area contributed by atoms with Crippen LogP contribution < -0.4 is 40.6 Å². The van der Waals surface area contributed by atoms with Crippen LogP contribution in [-0.2, 0) is 34.3 Å². The number of nitrogens with zero attached hydrogens (tertiary/aromatic N) is 3. The molecule has 1 saturated heterocycles. The molecule has 17 heteroatoms. The number of anilines is 1. The van der Waals surface area contributed by atoms with Crippen LogP contribution in [0, 0.1) is 0 Å². The zero-order valence-electron chi connectivity index (χ0n) is 14.5. The smallest absolute Gasteiger partial charge is 0.731 e. The summed E-state index contributed by atoms with van der Waals surface area (Å²) < 4.78 is 37.5. The summed E-state index contributed by atoms with van der Waals surface area (Å²) in [6.45, 7) is 0.